The number of aliphatic imine (C=N–C) groups is 1. The van der Waals surface area contributed by atoms with E-state index in [-0.39, 0.29) is 5.54 Å². The van der Waals surface area contributed by atoms with Gasteiger partial charge < -0.3 is 5.32 Å². The molecule has 0 radical (unpaired) electrons. The molecule has 0 spiro atoms. The van der Waals surface area contributed by atoms with Crippen LogP contribution >= 0.6 is 11.8 Å². The Bertz CT molecular complexity index is 298. The van der Waals surface area contributed by atoms with Crippen LogP contribution in [0.4, 0.5) is 0 Å². The maximum absolute atomic E-state index is 4.67. The second kappa shape index (κ2) is 4.83. The number of nitrogens with one attached hydrogen (secondary N) is 1. The quantitative estimate of drug-likeness (QED) is 0.810. The molecule has 1 N–H and O–H groups in total. The summed E-state index contributed by atoms with van der Waals surface area (Å²) in [5.74, 6) is 1.16. The van der Waals surface area contributed by atoms with Gasteiger partial charge in [0.1, 0.15) is 0 Å². The summed E-state index contributed by atoms with van der Waals surface area (Å²) in [7, 11) is 0. The van der Waals surface area contributed by atoms with Crippen molar-refractivity contribution in [3.63, 3.8) is 0 Å². The maximum Gasteiger partial charge on any atom is 0.156 e. The van der Waals surface area contributed by atoms with Crippen LogP contribution in [0.25, 0.3) is 0 Å². The highest BCUT2D eigenvalue weighted by molar-refractivity contribution is 8.13. The smallest absolute Gasteiger partial charge is 0.156 e. The lowest BCUT2D eigenvalue weighted by molar-refractivity contribution is 0.267. The average molecular weight is 256 g/mol. The number of hydrogen-bond acceptors (Lipinski definition) is 3. The maximum atomic E-state index is 4.67. The fourth-order valence-corrected chi connectivity index (χ4v) is 3.50. The molecule has 0 aliphatic carbocycles. The second-order valence-corrected chi connectivity index (χ2v) is 8.78. The SMILES string of the molecule is CC(C)(C)CC(C)(C)NC1=NCC(C)(C)CS1. The second-order valence-electron chi connectivity index (χ2n) is 7.82. The van der Waals surface area contributed by atoms with Crippen LogP contribution in [0.1, 0.15) is 54.9 Å². The Morgan fingerprint density at radius 3 is 2.24 bits per heavy atom. The highest BCUT2D eigenvalue weighted by atomic mass is 32.2. The monoisotopic (exact) mass is 256 g/mol. The minimum Gasteiger partial charge on any atom is -0.360 e. The van der Waals surface area contributed by atoms with E-state index in [0.29, 0.717) is 10.8 Å². The molecular formula is C14H28N2S. The van der Waals surface area contributed by atoms with Gasteiger partial charge in [-0.25, -0.2) is 0 Å². The zero-order valence-electron chi connectivity index (χ0n) is 12.5. The third-order valence-corrected chi connectivity index (χ3v) is 4.10. The molecule has 0 bridgehead atoms. The predicted molar refractivity (Wildman–Crippen MR) is 79.8 cm³/mol. The topological polar surface area (TPSA) is 24.4 Å². The van der Waals surface area contributed by atoms with Crippen LogP contribution in [0.2, 0.25) is 0 Å². The summed E-state index contributed by atoms with van der Waals surface area (Å²) in [6, 6.07) is 0. The van der Waals surface area contributed by atoms with Crippen molar-refractivity contribution in [2.24, 2.45) is 15.8 Å². The molecule has 0 saturated heterocycles. The Kier molecular flexibility index (Phi) is 4.23. The van der Waals surface area contributed by atoms with Gasteiger partial charge in [0.2, 0.25) is 0 Å². The van der Waals surface area contributed by atoms with Crippen molar-refractivity contribution in [3.8, 4) is 0 Å². The molecule has 0 fully saturated rings. The van der Waals surface area contributed by atoms with E-state index in [1.54, 1.807) is 0 Å². The van der Waals surface area contributed by atoms with E-state index in [9.17, 15) is 0 Å². The van der Waals surface area contributed by atoms with Gasteiger partial charge in [0, 0.05) is 17.8 Å². The molecule has 17 heavy (non-hydrogen) atoms. The molecule has 0 aromatic carbocycles. The van der Waals surface area contributed by atoms with Crippen LogP contribution in [-0.4, -0.2) is 23.0 Å². The first-order valence-electron chi connectivity index (χ1n) is 6.45. The van der Waals surface area contributed by atoms with E-state index in [1.165, 1.54) is 0 Å². The summed E-state index contributed by atoms with van der Waals surface area (Å²) < 4.78 is 0. The standard InChI is InChI=1S/C14H28N2S/c1-12(2,3)8-14(6,7)16-11-15-9-13(4,5)10-17-11/h8-10H2,1-7H3,(H,15,16). The van der Waals surface area contributed by atoms with E-state index in [1.807, 2.05) is 11.8 Å². The number of nitrogens with zero attached hydrogens (tertiary/aromatic N) is 1. The Labute approximate surface area is 111 Å². The number of thioether (sulfide) groups is 1. The van der Waals surface area contributed by atoms with Crippen molar-refractivity contribution in [1.29, 1.82) is 0 Å². The third kappa shape index (κ3) is 5.80. The molecule has 0 unspecified atom stereocenters. The van der Waals surface area contributed by atoms with Crippen LogP contribution in [0, 0.1) is 10.8 Å². The average Bonchev–Trinajstić information content (AvgIpc) is 2.04. The summed E-state index contributed by atoms with van der Waals surface area (Å²) >= 11 is 1.86. The minimum atomic E-state index is 0.117. The van der Waals surface area contributed by atoms with E-state index in [4.69, 9.17) is 0 Å². The van der Waals surface area contributed by atoms with Crippen LogP contribution < -0.4 is 5.32 Å². The Balaban J connectivity index is 2.57. The normalized spacial score (nSPS) is 21.0. The molecule has 0 atom stereocenters. The molecule has 2 nitrogen and oxygen atoms in total. The van der Waals surface area contributed by atoms with Crippen LogP contribution in [0.15, 0.2) is 4.99 Å². The van der Waals surface area contributed by atoms with E-state index in [0.717, 1.165) is 23.9 Å². The molecule has 0 saturated carbocycles. The number of rotatable bonds is 2. The largest absolute Gasteiger partial charge is 0.360 e. The Morgan fingerprint density at radius 2 is 1.82 bits per heavy atom. The van der Waals surface area contributed by atoms with Crippen molar-refractivity contribution in [2.75, 3.05) is 12.3 Å². The van der Waals surface area contributed by atoms with Crippen molar-refractivity contribution >= 4 is 16.9 Å². The minimum absolute atomic E-state index is 0.117. The molecule has 1 aliphatic heterocycles. The van der Waals surface area contributed by atoms with Crippen molar-refractivity contribution in [3.05, 3.63) is 0 Å². The van der Waals surface area contributed by atoms with Gasteiger partial charge >= 0.3 is 0 Å². The predicted octanol–water partition coefficient (Wildman–Crippen LogP) is 3.92. The first kappa shape index (κ1) is 14.9. The van der Waals surface area contributed by atoms with Crippen molar-refractivity contribution in [1.82, 2.24) is 5.32 Å². The van der Waals surface area contributed by atoms with Gasteiger partial charge in [-0.3, -0.25) is 4.99 Å². The lowest BCUT2D eigenvalue weighted by Gasteiger charge is -2.36. The third-order valence-electron chi connectivity index (χ3n) is 2.67. The van der Waals surface area contributed by atoms with Gasteiger partial charge in [0.05, 0.1) is 0 Å². The number of amidine groups is 1. The lowest BCUT2D eigenvalue weighted by Crippen LogP contribution is -2.46. The molecular weight excluding hydrogens is 228 g/mol. The summed E-state index contributed by atoms with van der Waals surface area (Å²) in [5.41, 5.74) is 0.811. The Hall–Kier alpha value is -0.180. The van der Waals surface area contributed by atoms with Gasteiger partial charge in [0.25, 0.3) is 0 Å². The highest BCUT2D eigenvalue weighted by Crippen LogP contribution is 2.30. The van der Waals surface area contributed by atoms with Gasteiger partial charge in [-0.15, -0.1) is 0 Å². The lowest BCUT2D eigenvalue weighted by atomic mass is 9.82. The molecule has 0 amide bonds. The van der Waals surface area contributed by atoms with Crippen molar-refractivity contribution < 1.29 is 0 Å². The van der Waals surface area contributed by atoms with Crippen molar-refractivity contribution in [2.45, 2.75) is 60.4 Å². The van der Waals surface area contributed by atoms with Gasteiger partial charge in [-0.2, -0.15) is 0 Å². The van der Waals surface area contributed by atoms with Gasteiger partial charge in [-0.1, -0.05) is 46.4 Å². The molecule has 1 heterocycles. The zero-order valence-corrected chi connectivity index (χ0v) is 13.3. The summed E-state index contributed by atoms with van der Waals surface area (Å²) in [4.78, 5) is 4.67. The van der Waals surface area contributed by atoms with E-state index < -0.39 is 0 Å². The molecule has 1 aliphatic rings. The highest BCUT2D eigenvalue weighted by Gasteiger charge is 2.29. The summed E-state index contributed by atoms with van der Waals surface area (Å²) in [6.07, 6.45) is 1.14. The number of hydrogen-bond donors (Lipinski definition) is 1. The zero-order chi connectivity index (χ0) is 13.3. The van der Waals surface area contributed by atoms with Gasteiger partial charge in [0.15, 0.2) is 5.17 Å². The fraction of sp³-hybridized carbons (Fsp3) is 0.929. The first-order valence-corrected chi connectivity index (χ1v) is 7.43. The summed E-state index contributed by atoms with van der Waals surface area (Å²) in [6.45, 7) is 16.9. The summed E-state index contributed by atoms with van der Waals surface area (Å²) in [5, 5.41) is 4.73. The van der Waals surface area contributed by atoms with Crippen LogP contribution in [-0.2, 0) is 0 Å². The van der Waals surface area contributed by atoms with Crippen LogP contribution in [0.5, 0.6) is 0 Å². The molecule has 0 aromatic heterocycles. The Morgan fingerprint density at radius 1 is 1.24 bits per heavy atom. The molecule has 1 rings (SSSR count). The molecule has 0 aromatic rings. The fourth-order valence-electron chi connectivity index (χ4n) is 2.38. The van der Waals surface area contributed by atoms with E-state index >= 15 is 0 Å². The van der Waals surface area contributed by atoms with Gasteiger partial charge in [-0.05, 0) is 31.1 Å². The van der Waals surface area contributed by atoms with E-state index in [2.05, 4.69) is 58.8 Å². The van der Waals surface area contributed by atoms with Crippen LogP contribution in [0.3, 0.4) is 0 Å². The molecule has 3 heteroatoms. The molecule has 100 valence electrons. The first-order chi connectivity index (χ1) is 7.49.